The fourth-order valence-electron chi connectivity index (χ4n) is 1.07. The van der Waals surface area contributed by atoms with Crippen molar-refractivity contribution < 1.29 is 19.1 Å². The summed E-state index contributed by atoms with van der Waals surface area (Å²) in [5.41, 5.74) is 0. The van der Waals surface area contributed by atoms with Crippen molar-refractivity contribution in [2.24, 2.45) is 0 Å². The molecule has 0 fully saturated rings. The minimum absolute atomic E-state index is 0.267. The third kappa shape index (κ3) is 9.81. The smallest absolute Gasteiger partial charge is 0.309 e. The average molecular weight is 245 g/mol. The lowest BCUT2D eigenvalue weighted by atomic mass is 10.3. The van der Waals surface area contributed by atoms with E-state index in [2.05, 4.69) is 0 Å². The molecule has 0 amide bonds. The SMILES string of the molecule is CCCCC(=O)OCOC(=O)CCN(C)CC. The van der Waals surface area contributed by atoms with Crippen LogP contribution in [0, 0.1) is 0 Å². The summed E-state index contributed by atoms with van der Waals surface area (Å²) in [5.74, 6) is -0.654. The molecule has 17 heavy (non-hydrogen) atoms. The van der Waals surface area contributed by atoms with E-state index in [0.717, 1.165) is 19.4 Å². The molecule has 0 aliphatic rings. The normalized spacial score (nSPS) is 10.4. The Labute approximate surface area is 103 Å². The maximum Gasteiger partial charge on any atom is 0.309 e. The van der Waals surface area contributed by atoms with Crippen molar-refractivity contribution in [2.45, 2.75) is 39.5 Å². The number of rotatable bonds is 9. The molecule has 0 aliphatic heterocycles. The number of nitrogens with zero attached hydrogens (tertiary/aromatic N) is 1. The highest BCUT2D eigenvalue weighted by Crippen LogP contribution is 1.97. The lowest BCUT2D eigenvalue weighted by Crippen LogP contribution is -2.22. The first-order valence-corrected chi connectivity index (χ1v) is 6.09. The van der Waals surface area contributed by atoms with Crippen molar-refractivity contribution in [3.8, 4) is 0 Å². The summed E-state index contributed by atoms with van der Waals surface area (Å²) >= 11 is 0. The van der Waals surface area contributed by atoms with Crippen LogP contribution in [0.15, 0.2) is 0 Å². The Morgan fingerprint density at radius 1 is 1.06 bits per heavy atom. The second-order valence-corrected chi connectivity index (χ2v) is 3.90. The highest BCUT2D eigenvalue weighted by atomic mass is 16.7. The topological polar surface area (TPSA) is 55.8 Å². The molecule has 5 nitrogen and oxygen atoms in total. The molecule has 0 radical (unpaired) electrons. The van der Waals surface area contributed by atoms with Gasteiger partial charge in [0.25, 0.3) is 0 Å². The average Bonchev–Trinajstić information content (AvgIpc) is 2.33. The first-order chi connectivity index (χ1) is 8.10. The van der Waals surface area contributed by atoms with E-state index < -0.39 is 0 Å². The number of carbonyl (C=O) groups is 2. The van der Waals surface area contributed by atoms with E-state index in [1.54, 1.807) is 0 Å². The van der Waals surface area contributed by atoms with Gasteiger partial charge in [0.1, 0.15) is 0 Å². The molecule has 100 valence electrons. The van der Waals surface area contributed by atoms with Gasteiger partial charge in [0.2, 0.25) is 6.79 Å². The Morgan fingerprint density at radius 2 is 1.65 bits per heavy atom. The quantitative estimate of drug-likeness (QED) is 0.456. The summed E-state index contributed by atoms with van der Waals surface area (Å²) in [4.78, 5) is 24.3. The van der Waals surface area contributed by atoms with E-state index in [1.807, 2.05) is 25.8 Å². The van der Waals surface area contributed by atoms with Gasteiger partial charge in [-0.2, -0.15) is 0 Å². The Morgan fingerprint density at radius 3 is 2.18 bits per heavy atom. The van der Waals surface area contributed by atoms with Crippen molar-refractivity contribution in [1.29, 1.82) is 0 Å². The standard InChI is InChI=1S/C12H23NO4/c1-4-6-7-11(14)16-10-17-12(15)8-9-13(3)5-2/h4-10H2,1-3H3. The molecule has 5 heteroatoms. The van der Waals surface area contributed by atoms with Crippen LogP contribution >= 0.6 is 0 Å². The van der Waals surface area contributed by atoms with Gasteiger partial charge in [-0.1, -0.05) is 20.3 Å². The minimum Gasteiger partial charge on any atom is -0.428 e. The van der Waals surface area contributed by atoms with E-state index in [-0.39, 0.29) is 18.7 Å². The fraction of sp³-hybridized carbons (Fsp3) is 0.833. The van der Waals surface area contributed by atoms with Crippen LogP contribution in [0.1, 0.15) is 39.5 Å². The van der Waals surface area contributed by atoms with Crippen LogP contribution < -0.4 is 0 Å². The highest BCUT2D eigenvalue weighted by Gasteiger charge is 2.06. The van der Waals surface area contributed by atoms with Crippen LogP contribution in [0.2, 0.25) is 0 Å². The second kappa shape index (κ2) is 10.1. The van der Waals surface area contributed by atoms with E-state index in [9.17, 15) is 9.59 Å². The zero-order chi connectivity index (χ0) is 13.1. The third-order valence-electron chi connectivity index (χ3n) is 2.41. The van der Waals surface area contributed by atoms with Gasteiger partial charge in [-0.05, 0) is 20.0 Å². The second-order valence-electron chi connectivity index (χ2n) is 3.90. The molecule has 0 atom stereocenters. The molecule has 0 saturated heterocycles. The molecule has 0 saturated carbocycles. The molecule has 0 aliphatic carbocycles. The lowest BCUT2D eigenvalue weighted by molar-refractivity contribution is -0.167. The number of esters is 2. The molecule has 0 heterocycles. The molecular formula is C12H23NO4. The van der Waals surface area contributed by atoms with Crippen LogP contribution in [-0.4, -0.2) is 43.8 Å². The molecule has 0 spiro atoms. The predicted octanol–water partition coefficient (Wildman–Crippen LogP) is 1.56. The number of carbonyl (C=O) groups excluding carboxylic acids is 2. The molecule has 0 bridgehead atoms. The fourth-order valence-corrected chi connectivity index (χ4v) is 1.07. The monoisotopic (exact) mass is 245 g/mol. The van der Waals surface area contributed by atoms with Gasteiger partial charge in [0, 0.05) is 13.0 Å². The predicted molar refractivity (Wildman–Crippen MR) is 64.4 cm³/mol. The largest absolute Gasteiger partial charge is 0.428 e. The zero-order valence-electron chi connectivity index (χ0n) is 11.0. The molecule has 0 rings (SSSR count). The molecule has 0 aromatic carbocycles. The summed E-state index contributed by atoms with van der Waals surface area (Å²) in [7, 11) is 1.93. The van der Waals surface area contributed by atoms with Crippen molar-refractivity contribution in [3.05, 3.63) is 0 Å². The van der Waals surface area contributed by atoms with Crippen LogP contribution in [0.3, 0.4) is 0 Å². The van der Waals surface area contributed by atoms with Gasteiger partial charge >= 0.3 is 11.9 Å². The Bertz CT molecular complexity index is 231. The van der Waals surface area contributed by atoms with Gasteiger partial charge in [-0.3, -0.25) is 9.59 Å². The number of hydrogen-bond acceptors (Lipinski definition) is 5. The van der Waals surface area contributed by atoms with Gasteiger partial charge in [-0.15, -0.1) is 0 Å². The lowest BCUT2D eigenvalue weighted by Gasteiger charge is -2.12. The zero-order valence-corrected chi connectivity index (χ0v) is 11.0. The maximum atomic E-state index is 11.2. The van der Waals surface area contributed by atoms with Gasteiger partial charge in [0.05, 0.1) is 6.42 Å². The Balaban J connectivity index is 3.47. The van der Waals surface area contributed by atoms with E-state index >= 15 is 0 Å². The van der Waals surface area contributed by atoms with Gasteiger partial charge in [0.15, 0.2) is 0 Å². The highest BCUT2D eigenvalue weighted by molar-refractivity contribution is 5.71. The summed E-state index contributed by atoms with van der Waals surface area (Å²) in [5, 5.41) is 0. The maximum absolute atomic E-state index is 11.2. The van der Waals surface area contributed by atoms with Crippen LogP contribution in [0.4, 0.5) is 0 Å². The van der Waals surface area contributed by atoms with E-state index in [4.69, 9.17) is 9.47 Å². The first-order valence-electron chi connectivity index (χ1n) is 6.09. The van der Waals surface area contributed by atoms with Crippen LogP contribution in [-0.2, 0) is 19.1 Å². The van der Waals surface area contributed by atoms with Crippen LogP contribution in [0.25, 0.3) is 0 Å². The Kier molecular flexibility index (Phi) is 9.43. The third-order valence-corrected chi connectivity index (χ3v) is 2.41. The molecular weight excluding hydrogens is 222 g/mol. The molecule has 0 aromatic rings. The molecule has 0 N–H and O–H groups in total. The first kappa shape index (κ1) is 15.9. The summed E-state index contributed by atoms with van der Waals surface area (Å²) in [6.07, 6.45) is 2.44. The number of hydrogen-bond donors (Lipinski definition) is 0. The van der Waals surface area contributed by atoms with E-state index in [0.29, 0.717) is 19.4 Å². The van der Waals surface area contributed by atoms with Crippen molar-refractivity contribution >= 4 is 11.9 Å². The van der Waals surface area contributed by atoms with Crippen molar-refractivity contribution in [1.82, 2.24) is 4.90 Å². The molecule has 0 unspecified atom stereocenters. The summed E-state index contributed by atoms with van der Waals surface area (Å²) in [6, 6.07) is 0. The Hall–Kier alpha value is -1.10. The number of ether oxygens (including phenoxy) is 2. The van der Waals surface area contributed by atoms with Gasteiger partial charge in [-0.25, -0.2) is 0 Å². The van der Waals surface area contributed by atoms with Crippen molar-refractivity contribution in [3.63, 3.8) is 0 Å². The van der Waals surface area contributed by atoms with E-state index in [1.165, 1.54) is 0 Å². The number of unbranched alkanes of at least 4 members (excludes halogenated alkanes) is 1. The summed E-state index contributed by atoms with van der Waals surface area (Å²) in [6.45, 7) is 5.29. The van der Waals surface area contributed by atoms with Crippen LogP contribution in [0.5, 0.6) is 0 Å². The van der Waals surface area contributed by atoms with Crippen molar-refractivity contribution in [2.75, 3.05) is 26.9 Å². The van der Waals surface area contributed by atoms with Gasteiger partial charge < -0.3 is 14.4 Å². The minimum atomic E-state index is -0.339. The molecule has 0 aromatic heterocycles. The summed E-state index contributed by atoms with van der Waals surface area (Å²) < 4.78 is 9.53.